The van der Waals surface area contributed by atoms with Crippen molar-refractivity contribution in [3.8, 4) is 5.75 Å². The van der Waals surface area contributed by atoms with Gasteiger partial charge in [-0.15, -0.1) is 0 Å². The second kappa shape index (κ2) is 7.04. The summed E-state index contributed by atoms with van der Waals surface area (Å²) in [4.78, 5) is 12.8. The molecular formula is C18H21NO2. The van der Waals surface area contributed by atoms with Gasteiger partial charge in [0.15, 0.2) is 0 Å². The molecule has 0 amide bonds. The molecule has 3 heteroatoms. The molecule has 0 aliphatic heterocycles. The molecule has 2 aromatic carbocycles. The lowest BCUT2D eigenvalue weighted by Crippen LogP contribution is -2.34. The third-order valence-electron chi connectivity index (χ3n) is 3.66. The van der Waals surface area contributed by atoms with E-state index in [0.717, 1.165) is 17.6 Å². The molecule has 110 valence electrons. The van der Waals surface area contributed by atoms with Gasteiger partial charge in [0.2, 0.25) is 0 Å². The maximum Gasteiger partial charge on any atom is 0.150 e. The van der Waals surface area contributed by atoms with Gasteiger partial charge in [0.1, 0.15) is 18.1 Å². The molecule has 0 radical (unpaired) electrons. The minimum absolute atomic E-state index is 0.0664. The number of carbonyl (C=O) groups excluding carboxylic acids is 1. The van der Waals surface area contributed by atoms with Crippen LogP contribution in [0.3, 0.4) is 0 Å². The molecule has 2 atom stereocenters. The molecule has 0 spiro atoms. The number of benzene rings is 2. The van der Waals surface area contributed by atoms with E-state index in [4.69, 9.17) is 4.74 Å². The summed E-state index contributed by atoms with van der Waals surface area (Å²) in [6, 6.07) is 17.6. The maximum atomic E-state index is 10.7. The van der Waals surface area contributed by atoms with E-state index in [-0.39, 0.29) is 12.1 Å². The molecular weight excluding hydrogens is 262 g/mol. The van der Waals surface area contributed by atoms with E-state index in [9.17, 15) is 4.79 Å². The molecule has 0 N–H and O–H groups in total. The van der Waals surface area contributed by atoms with E-state index in [0.29, 0.717) is 5.56 Å². The van der Waals surface area contributed by atoms with Crippen LogP contribution < -0.4 is 4.74 Å². The smallest absolute Gasteiger partial charge is 0.150 e. The Bertz CT molecular complexity index is 564. The van der Waals surface area contributed by atoms with Gasteiger partial charge in [0.25, 0.3) is 0 Å². The lowest BCUT2D eigenvalue weighted by Gasteiger charge is -2.30. The first-order chi connectivity index (χ1) is 10.1. The summed E-state index contributed by atoms with van der Waals surface area (Å²) in [6.45, 7) is 2.14. The zero-order chi connectivity index (χ0) is 15.2. The lowest BCUT2D eigenvalue weighted by atomic mass is 10.0. The number of ether oxygens (including phenoxy) is 1. The van der Waals surface area contributed by atoms with E-state index >= 15 is 0 Å². The van der Waals surface area contributed by atoms with Gasteiger partial charge in [-0.3, -0.25) is 4.79 Å². The Morgan fingerprint density at radius 3 is 2.14 bits per heavy atom. The topological polar surface area (TPSA) is 29.5 Å². The van der Waals surface area contributed by atoms with Crippen molar-refractivity contribution in [3.05, 3.63) is 65.7 Å². The van der Waals surface area contributed by atoms with Crippen LogP contribution in [0.25, 0.3) is 0 Å². The second-order valence-corrected chi connectivity index (χ2v) is 5.34. The van der Waals surface area contributed by atoms with Crippen LogP contribution in [0.1, 0.15) is 28.9 Å². The molecule has 0 fully saturated rings. The van der Waals surface area contributed by atoms with Crippen LogP contribution in [0.5, 0.6) is 5.75 Å². The highest BCUT2D eigenvalue weighted by molar-refractivity contribution is 5.74. The number of likely N-dealkylation sites (N-methyl/N-ethyl adjacent to an activating group) is 1. The molecule has 0 aromatic heterocycles. The minimum atomic E-state index is -0.0664. The first-order valence-corrected chi connectivity index (χ1v) is 7.05. The van der Waals surface area contributed by atoms with Gasteiger partial charge in [-0.1, -0.05) is 30.3 Å². The third kappa shape index (κ3) is 3.92. The van der Waals surface area contributed by atoms with Crippen molar-refractivity contribution < 1.29 is 9.53 Å². The molecule has 0 heterocycles. The second-order valence-electron chi connectivity index (χ2n) is 5.34. The predicted molar refractivity (Wildman–Crippen MR) is 84.8 cm³/mol. The SMILES string of the molecule is CC(C(Oc1ccc(C=O)cc1)c1ccccc1)N(C)C. The van der Waals surface area contributed by atoms with Gasteiger partial charge in [-0.05, 0) is 50.8 Å². The Balaban J connectivity index is 2.25. The number of aldehydes is 1. The van der Waals surface area contributed by atoms with E-state index in [1.807, 2.05) is 44.4 Å². The highest BCUT2D eigenvalue weighted by atomic mass is 16.5. The van der Waals surface area contributed by atoms with Crippen molar-refractivity contribution in [2.24, 2.45) is 0 Å². The van der Waals surface area contributed by atoms with Crippen LogP contribution in [0.2, 0.25) is 0 Å². The number of carbonyl (C=O) groups is 1. The summed E-state index contributed by atoms with van der Waals surface area (Å²) in [7, 11) is 4.08. The molecule has 0 aliphatic rings. The fraction of sp³-hybridized carbons (Fsp3) is 0.278. The maximum absolute atomic E-state index is 10.7. The molecule has 0 aliphatic carbocycles. The summed E-state index contributed by atoms with van der Waals surface area (Å²) in [6.07, 6.45) is 0.768. The highest BCUT2D eigenvalue weighted by Crippen LogP contribution is 2.26. The van der Waals surface area contributed by atoms with Crippen LogP contribution in [0.15, 0.2) is 54.6 Å². The van der Waals surface area contributed by atoms with Gasteiger partial charge >= 0.3 is 0 Å². The molecule has 21 heavy (non-hydrogen) atoms. The average molecular weight is 283 g/mol. The summed E-state index contributed by atoms with van der Waals surface area (Å²) < 4.78 is 6.17. The Morgan fingerprint density at radius 2 is 1.62 bits per heavy atom. The fourth-order valence-corrected chi connectivity index (χ4v) is 2.13. The van der Waals surface area contributed by atoms with Crippen LogP contribution in [-0.4, -0.2) is 31.3 Å². The third-order valence-corrected chi connectivity index (χ3v) is 3.66. The monoisotopic (exact) mass is 283 g/mol. The quantitative estimate of drug-likeness (QED) is 0.759. The molecule has 0 bridgehead atoms. The largest absolute Gasteiger partial charge is 0.484 e. The number of hydrogen-bond acceptors (Lipinski definition) is 3. The normalized spacial score (nSPS) is 13.7. The van der Waals surface area contributed by atoms with Gasteiger partial charge in [-0.2, -0.15) is 0 Å². The molecule has 2 unspecified atom stereocenters. The van der Waals surface area contributed by atoms with Crippen LogP contribution in [0, 0.1) is 0 Å². The Morgan fingerprint density at radius 1 is 1.00 bits per heavy atom. The Kier molecular flexibility index (Phi) is 5.12. The molecule has 2 rings (SSSR count). The van der Waals surface area contributed by atoms with Crippen molar-refractivity contribution in [2.75, 3.05) is 14.1 Å². The van der Waals surface area contributed by atoms with Gasteiger partial charge in [0.05, 0.1) is 0 Å². The first kappa shape index (κ1) is 15.3. The van der Waals surface area contributed by atoms with Crippen molar-refractivity contribution in [3.63, 3.8) is 0 Å². The minimum Gasteiger partial charge on any atom is -0.484 e. The average Bonchev–Trinajstić information content (AvgIpc) is 2.53. The zero-order valence-electron chi connectivity index (χ0n) is 12.7. The van der Waals surface area contributed by atoms with Crippen LogP contribution in [0.4, 0.5) is 0 Å². The van der Waals surface area contributed by atoms with Crippen molar-refractivity contribution in [1.82, 2.24) is 4.90 Å². The van der Waals surface area contributed by atoms with Crippen molar-refractivity contribution in [2.45, 2.75) is 19.1 Å². The van der Waals surface area contributed by atoms with E-state index in [1.165, 1.54) is 0 Å². The number of rotatable bonds is 6. The van der Waals surface area contributed by atoms with E-state index < -0.39 is 0 Å². The summed E-state index contributed by atoms with van der Waals surface area (Å²) in [5.41, 5.74) is 1.79. The zero-order valence-corrected chi connectivity index (χ0v) is 12.7. The summed E-state index contributed by atoms with van der Waals surface area (Å²) in [5.74, 6) is 0.767. The standard InChI is InChI=1S/C18H21NO2/c1-14(19(2)3)18(16-7-5-4-6-8-16)21-17-11-9-15(13-20)10-12-17/h4-14,18H,1-3H3. The molecule has 2 aromatic rings. The van der Waals surface area contributed by atoms with E-state index in [1.54, 1.807) is 12.1 Å². The predicted octanol–water partition coefficient (Wildman–Crippen LogP) is 3.57. The summed E-state index contributed by atoms with van der Waals surface area (Å²) >= 11 is 0. The van der Waals surface area contributed by atoms with Crippen molar-refractivity contribution >= 4 is 6.29 Å². The van der Waals surface area contributed by atoms with Gasteiger partial charge in [-0.25, -0.2) is 0 Å². The first-order valence-electron chi connectivity index (χ1n) is 7.05. The van der Waals surface area contributed by atoms with Crippen molar-refractivity contribution in [1.29, 1.82) is 0 Å². The molecule has 3 nitrogen and oxygen atoms in total. The van der Waals surface area contributed by atoms with Gasteiger partial charge in [0, 0.05) is 11.6 Å². The fourth-order valence-electron chi connectivity index (χ4n) is 2.13. The van der Waals surface area contributed by atoms with Crippen LogP contribution >= 0.6 is 0 Å². The van der Waals surface area contributed by atoms with Gasteiger partial charge < -0.3 is 9.64 Å². The lowest BCUT2D eigenvalue weighted by molar-refractivity contribution is 0.107. The number of nitrogens with zero attached hydrogens (tertiary/aromatic N) is 1. The Labute approximate surface area is 126 Å². The molecule has 0 saturated carbocycles. The summed E-state index contributed by atoms with van der Waals surface area (Å²) in [5, 5.41) is 0. The Hall–Kier alpha value is -2.13. The van der Waals surface area contributed by atoms with Crippen LogP contribution in [-0.2, 0) is 0 Å². The highest BCUT2D eigenvalue weighted by Gasteiger charge is 2.22. The van der Waals surface area contributed by atoms with E-state index in [2.05, 4.69) is 24.0 Å². The molecule has 0 saturated heterocycles. The number of hydrogen-bond donors (Lipinski definition) is 0.